The van der Waals surface area contributed by atoms with Crippen LogP contribution in [0.15, 0.2) is 69.7 Å². The smallest absolute Gasteiger partial charge is 0.416 e. The van der Waals surface area contributed by atoms with Gasteiger partial charge < -0.3 is 10.2 Å². The number of fused-ring (bicyclic) bond motifs is 1. The number of alkyl halides is 3. The quantitative estimate of drug-likeness (QED) is 0.180. The molecule has 198 valence electrons. The summed E-state index contributed by atoms with van der Waals surface area (Å²) in [4.78, 5) is 23.4. The number of aromatic hydroxyl groups is 2. The van der Waals surface area contributed by atoms with Crippen LogP contribution in [-0.4, -0.2) is 25.9 Å². The van der Waals surface area contributed by atoms with E-state index in [0.29, 0.717) is 17.4 Å². The average Bonchev–Trinajstić information content (AvgIpc) is 3.34. The Hall–Kier alpha value is -4.58. The monoisotopic (exact) mass is 552 g/mol. The zero-order chi connectivity index (χ0) is 28.1. The van der Waals surface area contributed by atoms with Gasteiger partial charge in [0.05, 0.1) is 16.0 Å². The predicted molar refractivity (Wildman–Crippen MR) is 141 cm³/mol. The van der Waals surface area contributed by atoms with Gasteiger partial charge in [0, 0.05) is 16.6 Å². The number of phenolic OH excluding ortho intramolecular Hbond substituents is 1. The van der Waals surface area contributed by atoms with Crippen LogP contribution in [0.5, 0.6) is 11.6 Å². The first-order valence-electron chi connectivity index (χ1n) is 11.4. The molecule has 0 saturated carbocycles. The van der Waals surface area contributed by atoms with Gasteiger partial charge in [-0.1, -0.05) is 18.2 Å². The van der Waals surface area contributed by atoms with Crippen LogP contribution in [0.4, 0.5) is 29.3 Å². The third-order valence-corrected chi connectivity index (χ3v) is 7.04. The molecule has 2 heterocycles. The summed E-state index contributed by atoms with van der Waals surface area (Å²) < 4.78 is 41.8. The number of amides is 2. The zero-order valence-electron chi connectivity index (χ0n) is 20.4. The van der Waals surface area contributed by atoms with E-state index >= 15 is 0 Å². The highest BCUT2D eigenvalue weighted by Gasteiger charge is 2.32. The first kappa shape index (κ1) is 26.0. The first-order chi connectivity index (χ1) is 18.4. The average molecular weight is 553 g/mol. The van der Waals surface area contributed by atoms with Crippen LogP contribution in [0.1, 0.15) is 22.3 Å². The van der Waals surface area contributed by atoms with Crippen LogP contribution in [-0.2, 0) is 11.0 Å². The number of para-hydroxylation sites is 1. The Morgan fingerprint density at radius 1 is 0.974 bits per heavy atom. The minimum absolute atomic E-state index is 0.0301. The summed E-state index contributed by atoms with van der Waals surface area (Å²) in [6, 6.07) is 12.7. The Bertz CT molecular complexity index is 1740. The van der Waals surface area contributed by atoms with Gasteiger partial charge in [-0.25, -0.2) is 0 Å². The fourth-order valence-electron chi connectivity index (χ4n) is 4.07. The van der Waals surface area contributed by atoms with Gasteiger partial charge in [0.25, 0.3) is 11.1 Å². The molecule has 3 aromatic carbocycles. The van der Waals surface area contributed by atoms with Gasteiger partial charge in [-0.2, -0.15) is 13.2 Å². The number of carbonyl (C=O) groups excluding carboxylic acids is 2. The summed E-state index contributed by atoms with van der Waals surface area (Å²) in [6.07, 6.45) is -3.29. The van der Waals surface area contributed by atoms with E-state index in [1.54, 1.807) is 18.2 Å². The van der Waals surface area contributed by atoms with Gasteiger partial charge in [0.15, 0.2) is 5.69 Å². The number of carbonyl (C=O) groups is 2. The van der Waals surface area contributed by atoms with Crippen molar-refractivity contribution < 1.29 is 33.0 Å². The predicted octanol–water partition coefficient (Wildman–Crippen LogP) is 7.42. The maximum absolute atomic E-state index is 13.5. The van der Waals surface area contributed by atoms with Crippen LogP contribution in [0.3, 0.4) is 0 Å². The minimum atomic E-state index is -4.61. The van der Waals surface area contributed by atoms with E-state index in [9.17, 15) is 33.0 Å². The number of phenols is 1. The molecule has 8 nitrogen and oxygen atoms in total. The Morgan fingerprint density at radius 3 is 2.41 bits per heavy atom. The first-order valence-corrected chi connectivity index (χ1v) is 12.3. The molecule has 0 aliphatic carbocycles. The van der Waals surface area contributed by atoms with Crippen molar-refractivity contribution in [1.82, 2.24) is 9.88 Å². The fraction of sp³-hybridized carbons (Fsp3) is 0.111. The number of halogens is 3. The number of imide groups is 1. The number of thioether (sulfide) groups is 1. The third kappa shape index (κ3) is 4.86. The van der Waals surface area contributed by atoms with Crippen LogP contribution in [0.25, 0.3) is 22.7 Å². The van der Waals surface area contributed by atoms with E-state index < -0.39 is 28.8 Å². The number of hydrogen-bond donors (Lipinski definition) is 3. The lowest BCUT2D eigenvalue weighted by atomic mass is 10.1. The highest BCUT2D eigenvalue weighted by Crippen LogP contribution is 2.44. The molecule has 1 saturated heterocycles. The summed E-state index contributed by atoms with van der Waals surface area (Å²) in [6.45, 7) is 3.73. The van der Waals surface area contributed by atoms with E-state index in [2.05, 4.69) is 15.5 Å². The third-order valence-electron chi connectivity index (χ3n) is 6.23. The molecule has 1 aromatic heterocycles. The van der Waals surface area contributed by atoms with E-state index in [-0.39, 0.29) is 38.5 Å². The Kier molecular flexibility index (Phi) is 6.43. The van der Waals surface area contributed by atoms with Crippen molar-refractivity contribution in [1.29, 1.82) is 0 Å². The molecule has 4 aromatic rings. The van der Waals surface area contributed by atoms with Gasteiger partial charge in [0.1, 0.15) is 11.4 Å². The zero-order valence-corrected chi connectivity index (χ0v) is 21.2. The molecule has 1 fully saturated rings. The van der Waals surface area contributed by atoms with Crippen LogP contribution in [0.2, 0.25) is 0 Å². The Labute approximate surface area is 223 Å². The molecule has 0 unspecified atom stereocenters. The topological polar surface area (TPSA) is 116 Å². The lowest BCUT2D eigenvalue weighted by molar-refractivity contribution is -0.137. The molecule has 0 bridgehead atoms. The van der Waals surface area contributed by atoms with Crippen molar-refractivity contribution in [2.75, 3.05) is 0 Å². The number of nitrogens with one attached hydrogen (secondary N) is 1. The molecule has 1 aliphatic rings. The van der Waals surface area contributed by atoms with Crippen molar-refractivity contribution in [3.63, 3.8) is 0 Å². The van der Waals surface area contributed by atoms with Gasteiger partial charge in [-0.3, -0.25) is 19.5 Å². The van der Waals surface area contributed by atoms with Gasteiger partial charge in [-0.15, -0.1) is 10.2 Å². The second-order valence-corrected chi connectivity index (χ2v) is 9.79. The largest absolute Gasteiger partial charge is 0.505 e. The van der Waals surface area contributed by atoms with Gasteiger partial charge >= 0.3 is 6.18 Å². The molecule has 0 radical (unpaired) electrons. The normalized spacial score (nSPS) is 15.2. The summed E-state index contributed by atoms with van der Waals surface area (Å²) in [5.74, 6) is -1.39. The lowest BCUT2D eigenvalue weighted by Crippen LogP contribution is -2.17. The van der Waals surface area contributed by atoms with E-state index in [1.807, 2.05) is 13.8 Å². The van der Waals surface area contributed by atoms with Crippen molar-refractivity contribution >= 4 is 51.3 Å². The number of rotatable bonds is 4. The minimum Gasteiger partial charge on any atom is -0.505 e. The van der Waals surface area contributed by atoms with Crippen molar-refractivity contribution in [2.45, 2.75) is 20.0 Å². The molecule has 0 spiro atoms. The number of aryl methyl sites for hydroxylation is 2. The van der Waals surface area contributed by atoms with Crippen molar-refractivity contribution in [2.24, 2.45) is 10.2 Å². The highest BCUT2D eigenvalue weighted by molar-refractivity contribution is 8.18. The summed E-state index contributed by atoms with van der Waals surface area (Å²) in [7, 11) is 0. The van der Waals surface area contributed by atoms with E-state index in [4.69, 9.17) is 0 Å². The molecular formula is C27H19F3N4O4S. The Morgan fingerprint density at radius 2 is 1.74 bits per heavy atom. The summed E-state index contributed by atoms with van der Waals surface area (Å²) >= 11 is 0.682. The van der Waals surface area contributed by atoms with Gasteiger partial charge in [-0.05, 0) is 79.2 Å². The molecule has 39 heavy (non-hydrogen) atoms. The Balaban J connectivity index is 1.63. The summed E-state index contributed by atoms with van der Waals surface area (Å²) in [5.41, 5.74) is 1.50. The molecule has 0 atom stereocenters. The van der Waals surface area contributed by atoms with Crippen LogP contribution in [0, 0.1) is 13.8 Å². The number of nitrogens with zero attached hydrogens (tertiary/aromatic N) is 3. The maximum Gasteiger partial charge on any atom is 0.416 e. The molecule has 1 aliphatic heterocycles. The lowest BCUT2D eigenvalue weighted by Gasteiger charge is -2.11. The van der Waals surface area contributed by atoms with Crippen molar-refractivity contribution in [3.05, 3.63) is 81.8 Å². The van der Waals surface area contributed by atoms with Crippen LogP contribution >= 0.6 is 11.8 Å². The number of hydrogen-bond acceptors (Lipinski definition) is 7. The highest BCUT2D eigenvalue weighted by atomic mass is 32.2. The van der Waals surface area contributed by atoms with Crippen molar-refractivity contribution in [3.8, 4) is 17.3 Å². The van der Waals surface area contributed by atoms with Gasteiger partial charge in [0.2, 0.25) is 5.88 Å². The molecule has 2 amide bonds. The molecule has 12 heteroatoms. The SMILES string of the molecule is Cc1ccc(-n2c(O)c(N=Nc3cccc(C=C4SC(=O)NC4=O)c3O)c3ccc(C(F)(F)F)cc32)cc1C. The second kappa shape index (κ2) is 9.62. The van der Waals surface area contributed by atoms with Crippen LogP contribution < -0.4 is 5.32 Å². The second-order valence-electron chi connectivity index (χ2n) is 8.77. The standard InChI is InChI=1S/C27H19F3N4O4S/c1-13-6-8-17(10-14(13)2)34-20-12-16(27(28,29)30)7-9-18(20)22(25(34)37)33-32-19-5-3-4-15(23(19)35)11-21-24(36)31-26(38)39-21/h3-12,35,37H,1-2H3,(H,31,36,38). The summed E-state index contributed by atoms with van der Waals surface area (Å²) in [5, 5.41) is 31.8. The number of azo groups is 1. The van der Waals surface area contributed by atoms with E-state index in [1.165, 1.54) is 34.9 Å². The molecular weight excluding hydrogens is 533 g/mol. The molecule has 3 N–H and O–H groups in total. The fourth-order valence-corrected chi connectivity index (χ4v) is 4.74. The number of benzene rings is 3. The van der Waals surface area contributed by atoms with E-state index in [0.717, 1.165) is 23.3 Å². The number of aromatic nitrogens is 1. The molecule has 5 rings (SSSR count). The maximum atomic E-state index is 13.5.